The van der Waals surface area contributed by atoms with Gasteiger partial charge in [-0.2, -0.15) is 0 Å². The molecule has 7 rings (SSSR count). The second kappa shape index (κ2) is 14.9. The van der Waals surface area contributed by atoms with E-state index in [9.17, 15) is 18.0 Å². The number of sulfone groups is 1. The second-order valence-electron chi connectivity index (χ2n) is 13.2. The number of halogens is 2. The van der Waals surface area contributed by atoms with Gasteiger partial charge in [0.2, 0.25) is 17.7 Å². The Bertz CT molecular complexity index is 2110. The lowest BCUT2D eigenvalue weighted by Crippen LogP contribution is -2.39. The fraction of sp³-hybridized carbons (Fsp3) is 0.351. The van der Waals surface area contributed by atoms with E-state index in [1.54, 1.807) is 25.4 Å². The Morgan fingerprint density at radius 3 is 2.43 bits per heavy atom. The first kappa shape index (κ1) is 35.3. The first-order chi connectivity index (χ1) is 24.6. The molecule has 0 spiro atoms. The van der Waals surface area contributed by atoms with Crippen molar-refractivity contribution >= 4 is 44.9 Å². The van der Waals surface area contributed by atoms with Gasteiger partial charge in [0.25, 0.3) is 0 Å². The summed E-state index contributed by atoms with van der Waals surface area (Å²) >= 11 is 14.1. The van der Waals surface area contributed by atoms with Gasteiger partial charge >= 0.3 is 0 Å². The number of nitrogens with one attached hydrogen (secondary N) is 3. The molecule has 51 heavy (non-hydrogen) atoms. The summed E-state index contributed by atoms with van der Waals surface area (Å²) in [7, 11) is -2.01. The SMILES string of the molecule is COc1nc(-c2cccc(-c3ccnc(-c4ccc5c(c4)S(=O)(=O)CCN(C[C@H]4CCC(=O)N4)C5)c3Cl)c2Cl)ccc1CNC[C@H]1CCC(=O)N1. The summed E-state index contributed by atoms with van der Waals surface area (Å²) in [5.74, 6) is 0.562. The molecule has 0 bridgehead atoms. The van der Waals surface area contributed by atoms with Crippen LogP contribution < -0.4 is 20.7 Å². The smallest absolute Gasteiger partial charge is 0.220 e. The van der Waals surface area contributed by atoms with Gasteiger partial charge in [-0.05, 0) is 36.6 Å². The Balaban J connectivity index is 1.14. The number of nitrogens with zero attached hydrogens (tertiary/aromatic N) is 3. The van der Waals surface area contributed by atoms with Crippen molar-refractivity contribution in [2.24, 2.45) is 0 Å². The molecule has 3 aliphatic rings. The molecule has 0 saturated carbocycles. The molecule has 11 nitrogen and oxygen atoms in total. The van der Waals surface area contributed by atoms with Crippen LogP contribution in [0.25, 0.3) is 33.6 Å². The third-order valence-corrected chi connectivity index (χ3v) is 12.2. The first-order valence-corrected chi connectivity index (χ1v) is 19.4. The minimum atomic E-state index is -3.58. The fourth-order valence-electron chi connectivity index (χ4n) is 7.02. The van der Waals surface area contributed by atoms with Crippen LogP contribution in [0.5, 0.6) is 5.88 Å². The first-order valence-electron chi connectivity index (χ1n) is 16.9. The molecule has 5 heterocycles. The molecule has 4 aromatic rings. The average Bonchev–Trinajstić information content (AvgIpc) is 3.71. The predicted molar refractivity (Wildman–Crippen MR) is 196 cm³/mol. The highest BCUT2D eigenvalue weighted by Gasteiger charge is 2.30. The zero-order valence-electron chi connectivity index (χ0n) is 28.0. The zero-order chi connectivity index (χ0) is 35.7. The second-order valence-corrected chi connectivity index (χ2v) is 16.0. The van der Waals surface area contributed by atoms with Crippen molar-refractivity contribution in [1.82, 2.24) is 30.8 Å². The lowest BCUT2D eigenvalue weighted by Gasteiger charge is -2.23. The number of hydrogen-bond donors (Lipinski definition) is 3. The van der Waals surface area contributed by atoms with Crippen molar-refractivity contribution in [3.63, 3.8) is 0 Å². The summed E-state index contributed by atoms with van der Waals surface area (Å²) in [6.07, 6.45) is 4.26. The molecule has 2 fully saturated rings. The van der Waals surface area contributed by atoms with Crippen LogP contribution in [0, 0.1) is 0 Å². The number of carbonyl (C=O) groups excluding carboxylic acids is 2. The van der Waals surface area contributed by atoms with Gasteiger partial charge in [0.1, 0.15) is 0 Å². The number of aromatic nitrogens is 2. The molecule has 266 valence electrons. The number of pyridine rings is 2. The number of methoxy groups -OCH3 is 1. The van der Waals surface area contributed by atoms with Crippen LogP contribution in [0.2, 0.25) is 10.0 Å². The predicted octanol–water partition coefficient (Wildman–Crippen LogP) is 5.03. The molecular formula is C37H38Cl2N6O5S. The van der Waals surface area contributed by atoms with E-state index in [1.165, 1.54) is 0 Å². The van der Waals surface area contributed by atoms with Crippen molar-refractivity contribution in [3.8, 4) is 39.5 Å². The van der Waals surface area contributed by atoms with E-state index >= 15 is 0 Å². The van der Waals surface area contributed by atoms with E-state index in [2.05, 4.69) is 25.8 Å². The number of benzene rings is 2. The number of carbonyl (C=O) groups is 2. The van der Waals surface area contributed by atoms with Crippen molar-refractivity contribution < 1.29 is 22.7 Å². The minimum Gasteiger partial charge on any atom is -0.481 e. The van der Waals surface area contributed by atoms with Gasteiger partial charge in [-0.15, -0.1) is 0 Å². The van der Waals surface area contributed by atoms with Crippen LogP contribution in [-0.4, -0.2) is 79.7 Å². The van der Waals surface area contributed by atoms with Crippen molar-refractivity contribution in [1.29, 1.82) is 0 Å². The summed E-state index contributed by atoms with van der Waals surface area (Å²) < 4.78 is 32.6. The number of hydrogen-bond acceptors (Lipinski definition) is 9. The number of ether oxygens (including phenoxy) is 1. The van der Waals surface area contributed by atoms with Crippen LogP contribution >= 0.6 is 23.2 Å². The maximum absolute atomic E-state index is 13.5. The normalized spacial score (nSPS) is 20.1. The summed E-state index contributed by atoms with van der Waals surface area (Å²) in [5, 5.41) is 10.1. The van der Waals surface area contributed by atoms with Crippen LogP contribution in [0.3, 0.4) is 0 Å². The van der Waals surface area contributed by atoms with Crippen molar-refractivity contribution in [2.75, 3.05) is 32.5 Å². The Morgan fingerprint density at radius 2 is 1.69 bits per heavy atom. The van der Waals surface area contributed by atoms with Gasteiger partial charge in [0.15, 0.2) is 9.84 Å². The molecule has 2 aromatic heterocycles. The standard InChI is InChI=1S/C37H38Cl2N6O5S/c1-50-37-23(18-40-19-25-8-11-32(46)42-25)7-10-30(44-37)29-4-2-3-27(34(29)38)28-13-14-41-36(35(28)39)22-5-6-24-20-45(21-26-9-12-33(47)43-26)15-16-51(48,49)31(24)17-22/h2-7,10,13-14,17,25-26,40H,8-9,11-12,15-16,18-21H2,1H3,(H,42,46)(H,43,47)/t25-,26-/m1/s1. The van der Waals surface area contributed by atoms with Crippen molar-refractivity contribution in [2.45, 2.75) is 55.8 Å². The van der Waals surface area contributed by atoms with Gasteiger partial charge in [-0.3, -0.25) is 19.5 Å². The highest BCUT2D eigenvalue weighted by molar-refractivity contribution is 7.91. The molecule has 2 atom stereocenters. The van der Waals surface area contributed by atoms with Gasteiger partial charge in [-0.1, -0.05) is 59.6 Å². The summed E-state index contributed by atoms with van der Waals surface area (Å²) in [6.45, 7) is 2.62. The van der Waals surface area contributed by atoms with Crippen LogP contribution in [0.4, 0.5) is 0 Å². The fourth-order valence-corrected chi connectivity index (χ4v) is 9.22. The Hall–Kier alpha value is -4.07. The molecular weight excluding hydrogens is 711 g/mol. The van der Waals surface area contributed by atoms with Crippen LogP contribution in [0.15, 0.2) is 65.7 Å². The Labute approximate surface area is 307 Å². The third kappa shape index (κ3) is 7.61. The minimum absolute atomic E-state index is 0.0235. The van der Waals surface area contributed by atoms with Gasteiger partial charge in [0.05, 0.1) is 39.2 Å². The van der Waals surface area contributed by atoms with Crippen molar-refractivity contribution in [3.05, 3.63) is 82.0 Å². The van der Waals surface area contributed by atoms with Gasteiger partial charge in [0, 0.05) is 91.7 Å². The van der Waals surface area contributed by atoms with Crippen LogP contribution in [0.1, 0.15) is 36.8 Å². The number of rotatable bonds is 10. The zero-order valence-corrected chi connectivity index (χ0v) is 30.4. The lowest BCUT2D eigenvalue weighted by atomic mass is 9.99. The molecule has 2 aromatic carbocycles. The molecule has 2 saturated heterocycles. The van der Waals surface area contributed by atoms with E-state index in [4.69, 9.17) is 32.9 Å². The molecule has 14 heteroatoms. The van der Waals surface area contributed by atoms with E-state index in [0.717, 1.165) is 18.4 Å². The molecule has 3 aliphatic heterocycles. The average molecular weight is 750 g/mol. The largest absolute Gasteiger partial charge is 0.481 e. The highest BCUT2D eigenvalue weighted by Crippen LogP contribution is 2.42. The number of fused-ring (bicyclic) bond motifs is 1. The maximum atomic E-state index is 13.5. The topological polar surface area (TPSA) is 143 Å². The van der Waals surface area contributed by atoms with E-state index < -0.39 is 9.84 Å². The summed E-state index contributed by atoms with van der Waals surface area (Å²) in [4.78, 5) is 34.9. The number of amides is 2. The molecule has 3 N–H and O–H groups in total. The van der Waals surface area contributed by atoms with Crippen LogP contribution in [-0.2, 0) is 32.5 Å². The molecule has 0 aliphatic carbocycles. The van der Waals surface area contributed by atoms with E-state index in [-0.39, 0.29) is 34.5 Å². The van der Waals surface area contributed by atoms with E-state index in [1.807, 2.05) is 42.5 Å². The highest BCUT2D eigenvalue weighted by atomic mass is 35.5. The molecule has 0 radical (unpaired) electrons. The van der Waals surface area contributed by atoms with Gasteiger partial charge < -0.3 is 20.7 Å². The lowest BCUT2D eigenvalue weighted by molar-refractivity contribution is -0.120. The van der Waals surface area contributed by atoms with Gasteiger partial charge in [-0.25, -0.2) is 13.4 Å². The summed E-state index contributed by atoms with van der Waals surface area (Å²) in [6, 6.07) is 16.7. The Kier molecular flexibility index (Phi) is 10.3. The molecule has 0 unspecified atom stereocenters. The summed E-state index contributed by atoms with van der Waals surface area (Å²) in [5.41, 5.74) is 5.22. The maximum Gasteiger partial charge on any atom is 0.220 e. The third-order valence-electron chi connectivity index (χ3n) is 9.69. The van der Waals surface area contributed by atoms with E-state index in [0.29, 0.717) is 101 Å². The Morgan fingerprint density at radius 1 is 0.941 bits per heavy atom. The molecule has 2 amide bonds. The quantitative estimate of drug-likeness (QED) is 0.204. The monoisotopic (exact) mass is 748 g/mol.